The van der Waals surface area contributed by atoms with Gasteiger partial charge < -0.3 is 9.64 Å². The van der Waals surface area contributed by atoms with Crippen molar-refractivity contribution in [2.45, 2.75) is 37.6 Å². The summed E-state index contributed by atoms with van der Waals surface area (Å²) < 4.78 is 7.34. The van der Waals surface area contributed by atoms with Gasteiger partial charge in [0.1, 0.15) is 5.52 Å². The Kier molecular flexibility index (Phi) is 3.80. The molecule has 2 aliphatic rings. The van der Waals surface area contributed by atoms with E-state index in [-0.39, 0.29) is 0 Å². The number of rotatable bonds is 2. The summed E-state index contributed by atoms with van der Waals surface area (Å²) in [6.45, 7) is 4.16. The second-order valence-corrected chi connectivity index (χ2v) is 6.39. The molecule has 4 heterocycles. The highest BCUT2D eigenvalue weighted by Crippen LogP contribution is 2.32. The molecule has 4 rings (SSSR count). The molecule has 118 valence electrons. The van der Waals surface area contributed by atoms with Gasteiger partial charge in [0.15, 0.2) is 5.65 Å². The Labute approximate surface area is 130 Å². The third-order valence-corrected chi connectivity index (χ3v) is 5.11. The Morgan fingerprint density at radius 3 is 2.55 bits per heavy atom. The van der Waals surface area contributed by atoms with Gasteiger partial charge in [0, 0.05) is 44.6 Å². The number of hydrogen-bond acceptors (Lipinski definition) is 5. The van der Waals surface area contributed by atoms with Crippen molar-refractivity contribution in [1.82, 2.24) is 24.6 Å². The van der Waals surface area contributed by atoms with Crippen molar-refractivity contribution in [3.05, 3.63) is 18.1 Å². The first-order chi connectivity index (χ1) is 10.8. The highest BCUT2D eigenvalue weighted by atomic mass is 16.5. The van der Waals surface area contributed by atoms with Crippen molar-refractivity contribution >= 4 is 11.2 Å². The van der Waals surface area contributed by atoms with Gasteiger partial charge in [-0.3, -0.25) is 0 Å². The molecule has 2 aromatic rings. The van der Waals surface area contributed by atoms with Crippen LogP contribution in [0.25, 0.3) is 11.2 Å². The summed E-state index contributed by atoms with van der Waals surface area (Å²) in [5.74, 6) is 0.511. The van der Waals surface area contributed by atoms with Crippen molar-refractivity contribution in [2.75, 3.05) is 26.3 Å². The molecule has 0 aromatic carbocycles. The monoisotopic (exact) mass is 301 g/mol. The van der Waals surface area contributed by atoms with Crippen molar-refractivity contribution in [1.29, 1.82) is 0 Å². The second kappa shape index (κ2) is 5.93. The predicted molar refractivity (Wildman–Crippen MR) is 83.7 cm³/mol. The van der Waals surface area contributed by atoms with E-state index in [4.69, 9.17) is 9.84 Å². The van der Waals surface area contributed by atoms with Gasteiger partial charge in [-0.05, 0) is 38.8 Å². The van der Waals surface area contributed by atoms with E-state index in [0.29, 0.717) is 5.92 Å². The first-order valence-electron chi connectivity index (χ1n) is 8.28. The average Bonchev–Trinajstić information content (AvgIpc) is 2.93. The van der Waals surface area contributed by atoms with Crippen LogP contribution in [0, 0.1) is 0 Å². The van der Waals surface area contributed by atoms with E-state index in [1.165, 1.54) is 25.7 Å². The van der Waals surface area contributed by atoms with Crippen LogP contribution in [0.3, 0.4) is 0 Å². The molecular weight excluding hydrogens is 278 g/mol. The third-order valence-electron chi connectivity index (χ3n) is 5.11. The summed E-state index contributed by atoms with van der Waals surface area (Å²) in [5, 5.41) is 4.70. The number of nitrogens with zero attached hydrogens (tertiary/aromatic N) is 5. The molecule has 0 spiro atoms. The Morgan fingerprint density at radius 1 is 1.05 bits per heavy atom. The van der Waals surface area contributed by atoms with Crippen molar-refractivity contribution in [2.24, 2.45) is 7.05 Å². The lowest BCUT2D eigenvalue weighted by Crippen LogP contribution is -2.43. The lowest BCUT2D eigenvalue weighted by molar-refractivity contribution is 0.0250. The van der Waals surface area contributed by atoms with Crippen molar-refractivity contribution < 1.29 is 4.74 Å². The minimum Gasteiger partial charge on any atom is -0.381 e. The van der Waals surface area contributed by atoms with Gasteiger partial charge in [-0.2, -0.15) is 5.10 Å². The van der Waals surface area contributed by atoms with Gasteiger partial charge in [-0.1, -0.05) is 0 Å². The standard InChI is InChI=1S/C16H23N5O/c1-20-16-15(17-6-7-18-16)14(19-20)12-2-8-21(9-3-12)13-4-10-22-11-5-13/h6-7,12-13H,2-5,8-11H2,1H3. The zero-order chi connectivity index (χ0) is 14.9. The van der Waals surface area contributed by atoms with E-state index in [2.05, 4.69) is 14.9 Å². The first kappa shape index (κ1) is 14.1. The summed E-state index contributed by atoms with van der Waals surface area (Å²) >= 11 is 0. The van der Waals surface area contributed by atoms with Crippen LogP contribution >= 0.6 is 0 Å². The van der Waals surface area contributed by atoms with Crippen molar-refractivity contribution in [3.63, 3.8) is 0 Å². The number of aromatic nitrogens is 4. The molecule has 0 radical (unpaired) electrons. The molecule has 0 atom stereocenters. The van der Waals surface area contributed by atoms with Crippen LogP contribution in [0.5, 0.6) is 0 Å². The van der Waals surface area contributed by atoms with Crippen molar-refractivity contribution in [3.8, 4) is 0 Å². The van der Waals surface area contributed by atoms with E-state index >= 15 is 0 Å². The summed E-state index contributed by atoms with van der Waals surface area (Å²) in [5.41, 5.74) is 3.01. The predicted octanol–water partition coefficient (Wildman–Crippen LogP) is 1.72. The lowest BCUT2D eigenvalue weighted by atomic mass is 9.91. The maximum atomic E-state index is 5.48. The van der Waals surface area contributed by atoms with Crippen LogP contribution in [0.15, 0.2) is 12.4 Å². The second-order valence-electron chi connectivity index (χ2n) is 6.39. The normalized spacial score (nSPS) is 22.4. The van der Waals surface area contributed by atoms with Gasteiger partial charge >= 0.3 is 0 Å². The van der Waals surface area contributed by atoms with Gasteiger partial charge in [0.05, 0.1) is 5.69 Å². The molecule has 0 N–H and O–H groups in total. The van der Waals surface area contributed by atoms with Gasteiger partial charge in [-0.15, -0.1) is 0 Å². The molecular formula is C16H23N5O. The maximum absolute atomic E-state index is 5.48. The number of hydrogen-bond donors (Lipinski definition) is 0. The minimum atomic E-state index is 0.511. The summed E-state index contributed by atoms with van der Waals surface area (Å²) in [4.78, 5) is 11.6. The summed E-state index contributed by atoms with van der Waals surface area (Å²) in [6, 6.07) is 0.718. The smallest absolute Gasteiger partial charge is 0.176 e. The number of piperidine rings is 1. The molecule has 2 saturated heterocycles. The van der Waals surface area contributed by atoms with E-state index in [1.807, 2.05) is 11.7 Å². The number of likely N-dealkylation sites (tertiary alicyclic amines) is 1. The molecule has 0 aliphatic carbocycles. The van der Waals surface area contributed by atoms with Gasteiger partial charge in [0.25, 0.3) is 0 Å². The highest BCUT2D eigenvalue weighted by Gasteiger charge is 2.29. The fourth-order valence-corrected chi connectivity index (χ4v) is 3.87. The van der Waals surface area contributed by atoms with E-state index in [1.54, 1.807) is 12.4 Å². The van der Waals surface area contributed by atoms with Crippen LogP contribution in [0.2, 0.25) is 0 Å². The first-order valence-corrected chi connectivity index (χ1v) is 8.28. The van der Waals surface area contributed by atoms with Crippen LogP contribution in [0.1, 0.15) is 37.3 Å². The molecule has 0 unspecified atom stereocenters. The molecule has 2 aliphatic heterocycles. The van der Waals surface area contributed by atoms with Crippen LogP contribution in [0.4, 0.5) is 0 Å². The fourth-order valence-electron chi connectivity index (χ4n) is 3.87. The van der Waals surface area contributed by atoms with Crippen LogP contribution < -0.4 is 0 Å². The third kappa shape index (κ3) is 2.50. The largest absolute Gasteiger partial charge is 0.381 e. The topological polar surface area (TPSA) is 56.1 Å². The molecule has 0 bridgehead atoms. The number of ether oxygens (including phenoxy) is 1. The molecule has 2 aromatic heterocycles. The highest BCUT2D eigenvalue weighted by molar-refractivity contribution is 5.73. The molecule has 22 heavy (non-hydrogen) atoms. The molecule has 0 saturated carbocycles. The summed E-state index contributed by atoms with van der Waals surface area (Å²) in [6.07, 6.45) is 8.21. The SMILES string of the molecule is Cn1nc(C2CCN(C3CCOCC3)CC2)c2nccnc21. The summed E-state index contributed by atoms with van der Waals surface area (Å²) in [7, 11) is 1.96. The van der Waals surface area contributed by atoms with E-state index < -0.39 is 0 Å². The molecule has 6 heteroatoms. The Bertz CT molecular complexity index is 641. The van der Waals surface area contributed by atoms with Gasteiger partial charge in [-0.25, -0.2) is 14.6 Å². The van der Waals surface area contributed by atoms with E-state index in [9.17, 15) is 0 Å². The number of aryl methyl sites for hydroxylation is 1. The maximum Gasteiger partial charge on any atom is 0.176 e. The molecule has 2 fully saturated rings. The van der Waals surface area contributed by atoms with Crippen LogP contribution in [-0.4, -0.2) is 57.0 Å². The average molecular weight is 301 g/mol. The Balaban J connectivity index is 1.48. The zero-order valence-electron chi connectivity index (χ0n) is 13.1. The molecule has 0 amide bonds. The minimum absolute atomic E-state index is 0.511. The van der Waals surface area contributed by atoms with Crippen LogP contribution in [-0.2, 0) is 11.8 Å². The number of fused-ring (bicyclic) bond motifs is 1. The Morgan fingerprint density at radius 2 is 1.77 bits per heavy atom. The van der Waals surface area contributed by atoms with Gasteiger partial charge in [0.2, 0.25) is 0 Å². The zero-order valence-corrected chi connectivity index (χ0v) is 13.1. The fraction of sp³-hybridized carbons (Fsp3) is 0.688. The Hall–Kier alpha value is -1.53. The molecule has 6 nitrogen and oxygen atoms in total. The quantitative estimate of drug-likeness (QED) is 0.845. The lowest BCUT2D eigenvalue weighted by Gasteiger charge is -2.38. The van der Waals surface area contributed by atoms with E-state index in [0.717, 1.165) is 49.2 Å².